The van der Waals surface area contributed by atoms with Crippen LogP contribution in [-0.4, -0.2) is 38.5 Å². The predicted molar refractivity (Wildman–Crippen MR) is 63.0 cm³/mol. The van der Waals surface area contributed by atoms with Gasteiger partial charge in [0.2, 0.25) is 0 Å². The van der Waals surface area contributed by atoms with Gasteiger partial charge in [-0.3, -0.25) is 0 Å². The molecule has 0 amide bonds. The van der Waals surface area contributed by atoms with Gasteiger partial charge >= 0.3 is 93.6 Å². The van der Waals surface area contributed by atoms with Gasteiger partial charge < -0.3 is 0 Å². The Morgan fingerprint density at radius 2 is 2.31 bits per heavy atom. The molecule has 0 heterocycles. The third-order valence-electron chi connectivity index (χ3n) is 2.05. The first-order chi connectivity index (χ1) is 7.56. The average molecular weight is 223 g/mol. The van der Waals surface area contributed by atoms with E-state index in [4.69, 9.17) is 23.1 Å². The number of methoxy groups -OCH3 is 1. The van der Waals surface area contributed by atoms with Gasteiger partial charge in [-0.15, -0.1) is 0 Å². The number of anilines is 2. The number of hydrogen-bond acceptors (Lipinski definition) is 4. The molecule has 4 nitrogen and oxygen atoms in total. The molecule has 0 aliphatic carbocycles. The van der Waals surface area contributed by atoms with Crippen molar-refractivity contribution in [1.82, 2.24) is 0 Å². The molecular formula is C10H13BFN2O2. The maximum atomic E-state index is 13.3. The second-order valence-corrected chi connectivity index (χ2v) is 3.22. The molecule has 0 saturated carbocycles. The van der Waals surface area contributed by atoms with Crippen LogP contribution in [0.4, 0.5) is 15.8 Å². The van der Waals surface area contributed by atoms with Crippen LogP contribution in [0.15, 0.2) is 12.1 Å². The van der Waals surface area contributed by atoms with Gasteiger partial charge in [-0.1, -0.05) is 0 Å². The Hall–Kier alpha value is -1.56. The number of nitrogens with two attached hydrogens (primary N) is 1. The molecule has 0 fully saturated rings. The first-order valence-electron chi connectivity index (χ1n) is 4.70. The van der Waals surface area contributed by atoms with Gasteiger partial charge in [0.05, 0.1) is 0 Å². The summed E-state index contributed by atoms with van der Waals surface area (Å²) in [6, 6.07) is 2.55. The van der Waals surface area contributed by atoms with E-state index in [-0.39, 0.29) is 11.3 Å². The van der Waals surface area contributed by atoms with Crippen molar-refractivity contribution in [1.29, 1.82) is 0 Å². The van der Waals surface area contributed by atoms with Crippen LogP contribution in [0.5, 0.6) is 0 Å². The van der Waals surface area contributed by atoms with Crippen LogP contribution >= 0.6 is 0 Å². The molecule has 85 valence electrons. The summed E-state index contributed by atoms with van der Waals surface area (Å²) < 4.78 is 18.2. The molecule has 1 radical (unpaired) electrons. The Balaban J connectivity index is 2.93. The van der Waals surface area contributed by atoms with E-state index < -0.39 is 11.5 Å². The molecule has 4 N–H and O–H groups in total. The van der Waals surface area contributed by atoms with E-state index in [1.807, 2.05) is 0 Å². The van der Waals surface area contributed by atoms with Crippen molar-refractivity contribution in [2.24, 2.45) is 0 Å². The number of halogens is 1. The van der Waals surface area contributed by atoms with Crippen molar-refractivity contribution in [3.8, 4) is 0 Å². The molecule has 0 unspecified atom stereocenters. The Bertz CT molecular complexity index is 399. The molecule has 0 aromatic heterocycles. The molecule has 6 heteroatoms. The minimum absolute atomic E-state index is 0.0129. The van der Waals surface area contributed by atoms with Crippen LogP contribution in [0.3, 0.4) is 0 Å². The number of hydrogen-bond donors (Lipinski definition) is 3. The fraction of sp³-hybridized carbons (Fsp3) is 0.300. The van der Waals surface area contributed by atoms with Crippen LogP contribution < -0.4 is 11.1 Å². The van der Waals surface area contributed by atoms with E-state index in [9.17, 15) is 4.39 Å². The summed E-state index contributed by atoms with van der Waals surface area (Å²) in [7, 11) is 6.73. The number of aliphatic hydroxyl groups excluding tert-OH is 1. The maximum absolute atomic E-state index is 13.3. The summed E-state index contributed by atoms with van der Waals surface area (Å²) in [6.07, 6.45) is 0. The molecule has 1 rings (SSSR count). The molecule has 0 spiro atoms. The quantitative estimate of drug-likeness (QED) is 0.386. The fourth-order valence-electron chi connectivity index (χ4n) is 1.20. The number of nitrogens with one attached hydrogen (secondary N) is 1. The van der Waals surface area contributed by atoms with Crippen molar-refractivity contribution in [3.63, 3.8) is 0 Å². The first-order valence-corrected chi connectivity index (χ1v) is 4.70. The van der Waals surface area contributed by atoms with Gasteiger partial charge in [-0.25, -0.2) is 0 Å². The minimum atomic E-state index is -0.630. The van der Waals surface area contributed by atoms with E-state index in [2.05, 4.69) is 5.32 Å². The summed E-state index contributed by atoms with van der Waals surface area (Å²) in [5.41, 5.74) is 5.63. The zero-order chi connectivity index (χ0) is 12.1. The van der Waals surface area contributed by atoms with Gasteiger partial charge in [0.15, 0.2) is 0 Å². The van der Waals surface area contributed by atoms with Crippen LogP contribution in [-0.2, 0) is 4.74 Å². The molecule has 1 aromatic rings. The summed E-state index contributed by atoms with van der Waals surface area (Å²) in [5.74, 6) is -0.630. The zero-order valence-electron chi connectivity index (χ0n) is 8.96. The number of ether oxygens (including phenoxy) is 1. The summed E-state index contributed by atoms with van der Waals surface area (Å²) in [6.45, 7) is 0.943. The number of nitrogen functional groups attached to an aromatic ring is 1. The van der Waals surface area contributed by atoms with E-state index in [0.29, 0.717) is 18.8 Å². The SMILES string of the molecule is [B]=C(O)c1cc(F)c(N)c(NCCOC)c1. The van der Waals surface area contributed by atoms with E-state index >= 15 is 0 Å². The number of rotatable bonds is 5. The number of aliphatic hydroxyl groups is 1. The molecule has 1 aromatic carbocycles. The predicted octanol–water partition coefficient (Wildman–Crippen LogP) is 0.485. The summed E-state index contributed by atoms with van der Waals surface area (Å²) in [4.78, 5) is 0. The van der Waals surface area contributed by atoms with Crippen molar-refractivity contribution in [3.05, 3.63) is 23.5 Å². The van der Waals surface area contributed by atoms with Crippen molar-refractivity contribution >= 4 is 24.5 Å². The van der Waals surface area contributed by atoms with Crippen molar-refractivity contribution in [2.75, 3.05) is 31.3 Å². The van der Waals surface area contributed by atoms with Crippen molar-refractivity contribution in [2.45, 2.75) is 0 Å². The van der Waals surface area contributed by atoms with E-state index in [1.54, 1.807) is 7.11 Å². The van der Waals surface area contributed by atoms with Crippen LogP contribution in [0.1, 0.15) is 5.56 Å². The molecular weight excluding hydrogens is 210 g/mol. The average Bonchev–Trinajstić information content (AvgIpc) is 2.24. The number of benzene rings is 1. The first kappa shape index (κ1) is 12.5. The van der Waals surface area contributed by atoms with Gasteiger partial charge in [0.1, 0.15) is 0 Å². The third kappa shape index (κ3) is 2.97. The normalized spacial score (nSPS) is 10.1. The van der Waals surface area contributed by atoms with Crippen LogP contribution in [0, 0.1) is 5.82 Å². The molecule has 0 aliphatic rings. The van der Waals surface area contributed by atoms with E-state index in [1.165, 1.54) is 6.07 Å². The van der Waals surface area contributed by atoms with Gasteiger partial charge in [0.25, 0.3) is 0 Å². The molecule has 0 atom stereocenters. The molecule has 0 bridgehead atoms. The van der Waals surface area contributed by atoms with Crippen molar-refractivity contribution < 1.29 is 14.2 Å². The Kier molecular flexibility index (Phi) is 4.31. The Morgan fingerprint density at radius 3 is 2.88 bits per heavy atom. The molecule has 0 saturated heterocycles. The third-order valence-corrected chi connectivity index (χ3v) is 2.05. The molecule has 16 heavy (non-hydrogen) atoms. The molecule has 0 aliphatic heterocycles. The second-order valence-electron chi connectivity index (χ2n) is 3.22. The van der Waals surface area contributed by atoms with Gasteiger partial charge in [-0.2, -0.15) is 0 Å². The Labute approximate surface area is 94.3 Å². The zero-order valence-corrected chi connectivity index (χ0v) is 8.96. The summed E-state index contributed by atoms with van der Waals surface area (Å²) in [5, 5.41) is 11.9. The van der Waals surface area contributed by atoms with E-state index in [0.717, 1.165) is 6.07 Å². The fourth-order valence-corrected chi connectivity index (χ4v) is 1.20. The second kappa shape index (κ2) is 5.51. The van der Waals surface area contributed by atoms with Crippen LogP contribution in [0.2, 0.25) is 0 Å². The Morgan fingerprint density at radius 1 is 1.62 bits per heavy atom. The standard InChI is InChI=1S/C10H13BFN2O2/c1-16-3-2-14-8-5-6(10(11)15)4-7(12)9(8)13/h4-5,14-15H,2-3,13H2,1H3. The monoisotopic (exact) mass is 223 g/mol. The van der Waals surface area contributed by atoms with Gasteiger partial charge in [-0.05, 0) is 0 Å². The summed E-state index contributed by atoms with van der Waals surface area (Å²) >= 11 is 0. The van der Waals surface area contributed by atoms with Gasteiger partial charge in [0, 0.05) is 0 Å². The van der Waals surface area contributed by atoms with Crippen LogP contribution in [0.25, 0.3) is 0 Å². The topological polar surface area (TPSA) is 67.5 Å².